The van der Waals surface area contributed by atoms with Crippen molar-refractivity contribution in [1.29, 1.82) is 0 Å². The van der Waals surface area contributed by atoms with Gasteiger partial charge in [-0.25, -0.2) is 0 Å². The van der Waals surface area contributed by atoms with E-state index in [0.717, 1.165) is 0 Å². The predicted octanol–water partition coefficient (Wildman–Crippen LogP) is 4.79. The van der Waals surface area contributed by atoms with Crippen LogP contribution in [0.1, 0.15) is 48.5 Å². The molecule has 4 atom stereocenters. The van der Waals surface area contributed by atoms with Crippen molar-refractivity contribution in [3.8, 4) is 0 Å². The van der Waals surface area contributed by atoms with Crippen LogP contribution in [0, 0.1) is 0 Å². The maximum absolute atomic E-state index is 7.36. The molecule has 0 radical (unpaired) electrons. The van der Waals surface area contributed by atoms with Gasteiger partial charge in [-0.1, -0.05) is 87.5 Å². The van der Waals surface area contributed by atoms with Crippen LogP contribution in [-0.2, 0) is 23.4 Å². The molecule has 0 spiro atoms. The van der Waals surface area contributed by atoms with Crippen LogP contribution in [0.15, 0.2) is 73.3 Å². The summed E-state index contributed by atoms with van der Waals surface area (Å²) >= 11 is 0. The Labute approximate surface area is 211 Å². The van der Waals surface area contributed by atoms with Gasteiger partial charge in [-0.3, -0.25) is 0 Å². The Morgan fingerprint density at radius 1 is 0.886 bits per heavy atom. The van der Waals surface area contributed by atoms with E-state index in [2.05, 4.69) is 75.9 Å². The monoisotopic (exact) mass is 496 g/mol. The van der Waals surface area contributed by atoms with Crippen molar-refractivity contribution in [3.05, 3.63) is 73.3 Å². The number of ether oxygens (including phenoxy) is 4. The molecule has 190 valence electrons. The molecule has 2 aliphatic rings. The molecule has 2 fully saturated rings. The average molecular weight is 497 g/mol. The number of rotatable bonds is 7. The molecule has 35 heavy (non-hydrogen) atoms. The maximum atomic E-state index is 7.36. The first-order chi connectivity index (χ1) is 16.4. The number of hydrogen-bond acceptors (Lipinski definition) is 5. The number of benzene rings is 2. The molecule has 5 nitrogen and oxygen atoms in total. The summed E-state index contributed by atoms with van der Waals surface area (Å²) in [5.41, 5.74) is 0. The summed E-state index contributed by atoms with van der Waals surface area (Å²) in [6, 6.07) is 21.2. The largest absolute Gasteiger partial charge is 0.398 e. The molecule has 0 amide bonds. The molecule has 0 aliphatic carbocycles. The summed E-state index contributed by atoms with van der Waals surface area (Å²) in [5, 5.41) is 2.25. The summed E-state index contributed by atoms with van der Waals surface area (Å²) in [5.74, 6) is -1.44. The van der Waals surface area contributed by atoms with Crippen molar-refractivity contribution in [3.63, 3.8) is 0 Å². The van der Waals surface area contributed by atoms with Crippen LogP contribution >= 0.6 is 0 Å². The third-order valence-electron chi connectivity index (χ3n) is 6.85. The molecular weight excluding hydrogens is 456 g/mol. The highest BCUT2D eigenvalue weighted by Gasteiger charge is 2.56. The zero-order chi connectivity index (χ0) is 25.5. The minimum atomic E-state index is -2.82. The fraction of sp³-hybridized carbons (Fsp3) is 0.517. The van der Waals surface area contributed by atoms with Gasteiger partial charge in [-0.05, 0) is 43.1 Å². The molecule has 2 saturated heterocycles. The molecule has 0 aromatic heterocycles. The summed E-state index contributed by atoms with van der Waals surface area (Å²) in [4.78, 5) is 0. The first-order valence-electron chi connectivity index (χ1n) is 12.5. The second-order valence-corrected chi connectivity index (χ2v) is 15.7. The van der Waals surface area contributed by atoms with Gasteiger partial charge in [0.15, 0.2) is 11.6 Å². The predicted molar refractivity (Wildman–Crippen MR) is 141 cm³/mol. The fourth-order valence-electron chi connectivity index (χ4n) is 5.38. The highest BCUT2D eigenvalue weighted by Crippen LogP contribution is 2.42. The normalized spacial score (nSPS) is 27.0. The highest BCUT2D eigenvalue weighted by atomic mass is 28.4. The quantitative estimate of drug-likeness (QED) is 0.407. The lowest BCUT2D eigenvalue weighted by Gasteiger charge is -2.46. The molecule has 6 heteroatoms. The average Bonchev–Trinajstić information content (AvgIpc) is 3.33. The Kier molecular flexibility index (Phi) is 7.19. The first kappa shape index (κ1) is 26.3. The third-order valence-corrected chi connectivity index (χ3v) is 11.9. The molecule has 2 heterocycles. The Balaban J connectivity index is 1.78. The van der Waals surface area contributed by atoms with Crippen LogP contribution in [0.2, 0.25) is 5.04 Å². The lowest BCUT2D eigenvalue weighted by atomic mass is 10.0. The third kappa shape index (κ3) is 5.19. The van der Waals surface area contributed by atoms with Gasteiger partial charge in [0.2, 0.25) is 0 Å². The van der Waals surface area contributed by atoms with Crippen molar-refractivity contribution in [2.24, 2.45) is 0 Å². The smallest absolute Gasteiger partial charge is 0.262 e. The van der Waals surface area contributed by atoms with E-state index >= 15 is 0 Å². The van der Waals surface area contributed by atoms with E-state index in [-0.39, 0.29) is 17.2 Å². The lowest BCUT2D eigenvalue weighted by Crippen LogP contribution is -2.68. The molecule has 2 aliphatic heterocycles. The molecule has 4 rings (SSSR count). The molecule has 0 saturated carbocycles. The summed E-state index contributed by atoms with van der Waals surface area (Å²) in [6.45, 7) is 19.1. The van der Waals surface area contributed by atoms with Gasteiger partial charge in [0.25, 0.3) is 8.32 Å². The van der Waals surface area contributed by atoms with Gasteiger partial charge in [-0.15, -0.1) is 6.58 Å². The number of hydrogen-bond donors (Lipinski definition) is 0. The minimum Gasteiger partial charge on any atom is -0.398 e. The van der Waals surface area contributed by atoms with Crippen LogP contribution in [0.3, 0.4) is 0 Å². The van der Waals surface area contributed by atoms with Gasteiger partial charge < -0.3 is 23.4 Å². The van der Waals surface area contributed by atoms with Crippen LogP contribution in [0.25, 0.3) is 0 Å². The van der Waals surface area contributed by atoms with Crippen molar-refractivity contribution < 1.29 is 23.4 Å². The zero-order valence-corrected chi connectivity index (χ0v) is 23.1. The van der Waals surface area contributed by atoms with Crippen molar-refractivity contribution >= 4 is 18.7 Å². The molecule has 0 N–H and O–H groups in total. The van der Waals surface area contributed by atoms with Crippen LogP contribution < -0.4 is 10.4 Å². The molecule has 0 unspecified atom stereocenters. The van der Waals surface area contributed by atoms with Gasteiger partial charge in [0.05, 0.1) is 12.7 Å². The zero-order valence-electron chi connectivity index (χ0n) is 22.1. The molecule has 2 aromatic rings. The topological polar surface area (TPSA) is 46.2 Å². The standard InChI is InChI=1S/C29H40O5Si/c1-9-23(25-26(33-29(7,8)32-25)24-20-30-28(5,6)31-24)34-35(27(2,3)4,21-16-12-10-13-17-21)22-18-14-11-15-19-22/h9-19,23-26H,1,20H2,2-8H3/t23-,24+,25+,26+/m0/s1. The maximum Gasteiger partial charge on any atom is 0.262 e. The summed E-state index contributed by atoms with van der Waals surface area (Å²) in [6.07, 6.45) is 0.435. The summed E-state index contributed by atoms with van der Waals surface area (Å²) in [7, 11) is -2.82. The van der Waals surface area contributed by atoms with Crippen molar-refractivity contribution in [2.75, 3.05) is 6.61 Å². The van der Waals surface area contributed by atoms with Gasteiger partial charge >= 0.3 is 0 Å². The SMILES string of the molecule is C=C[C@H](O[Si](c1ccccc1)(c1ccccc1)C(C)(C)C)[C@H]1OC(C)(C)O[C@@H]1[C@H]1COC(C)(C)O1. The lowest BCUT2D eigenvalue weighted by molar-refractivity contribution is -0.175. The van der Waals surface area contributed by atoms with Crippen LogP contribution in [0.4, 0.5) is 0 Å². The molecule has 2 aromatic carbocycles. The van der Waals surface area contributed by atoms with E-state index in [9.17, 15) is 0 Å². The van der Waals surface area contributed by atoms with E-state index in [4.69, 9.17) is 23.4 Å². The fourth-order valence-corrected chi connectivity index (χ4v) is 10.0. The molecule has 0 bridgehead atoms. The van der Waals surface area contributed by atoms with E-state index in [1.54, 1.807) is 0 Å². The van der Waals surface area contributed by atoms with Crippen molar-refractivity contribution in [1.82, 2.24) is 0 Å². The Hall–Kier alpha value is -1.80. The van der Waals surface area contributed by atoms with Crippen LogP contribution in [-0.4, -0.2) is 50.9 Å². The van der Waals surface area contributed by atoms with Gasteiger partial charge in [0, 0.05) is 0 Å². The van der Waals surface area contributed by atoms with E-state index in [1.807, 2.05) is 45.9 Å². The van der Waals surface area contributed by atoms with E-state index < -0.39 is 32.1 Å². The Morgan fingerprint density at radius 3 is 1.86 bits per heavy atom. The Bertz CT molecular complexity index is 959. The van der Waals surface area contributed by atoms with Gasteiger partial charge in [0.1, 0.15) is 18.3 Å². The highest BCUT2D eigenvalue weighted by molar-refractivity contribution is 6.99. The second-order valence-electron chi connectivity index (χ2n) is 11.4. The van der Waals surface area contributed by atoms with Gasteiger partial charge in [-0.2, -0.15) is 0 Å². The molecular formula is C29H40O5Si. The van der Waals surface area contributed by atoms with Crippen LogP contribution in [0.5, 0.6) is 0 Å². The van der Waals surface area contributed by atoms with E-state index in [0.29, 0.717) is 6.61 Å². The van der Waals surface area contributed by atoms with Crippen molar-refractivity contribution in [2.45, 2.75) is 89.5 Å². The summed E-state index contributed by atoms with van der Waals surface area (Å²) < 4.78 is 32.3. The first-order valence-corrected chi connectivity index (χ1v) is 14.4. The minimum absolute atomic E-state index is 0.170. The second kappa shape index (κ2) is 9.58. The van der Waals surface area contributed by atoms with E-state index in [1.165, 1.54) is 10.4 Å². The Morgan fingerprint density at radius 2 is 1.43 bits per heavy atom.